The molecule has 1 heteroatoms. The van der Waals surface area contributed by atoms with E-state index in [1.54, 1.807) is 0 Å². The van der Waals surface area contributed by atoms with Crippen LogP contribution in [-0.2, 0) is 0 Å². The maximum Gasteiger partial charge on any atom is 0.0687 e. The quantitative estimate of drug-likeness (QED) is 0.722. The highest BCUT2D eigenvalue weighted by Crippen LogP contribution is 2.40. The van der Waals surface area contributed by atoms with Gasteiger partial charge in [-0.1, -0.05) is 77.4 Å². The first-order valence-electron chi connectivity index (χ1n) is 7.68. The first kappa shape index (κ1) is 14.5. The van der Waals surface area contributed by atoms with Crippen LogP contribution in [0.3, 0.4) is 0 Å². The molecule has 1 nitrogen and oxygen atoms in total. The summed E-state index contributed by atoms with van der Waals surface area (Å²) in [7, 11) is 0. The van der Waals surface area contributed by atoms with Gasteiger partial charge in [-0.2, -0.15) is 0 Å². The average molecular weight is 287 g/mol. The highest BCUT2D eigenvalue weighted by molar-refractivity contribution is 6.12. The molecule has 0 amide bonds. The summed E-state index contributed by atoms with van der Waals surface area (Å²) in [5, 5.41) is 8.62. The summed E-state index contributed by atoms with van der Waals surface area (Å²) in [6.45, 7) is 6.56. The Balaban J connectivity index is 2.09. The van der Waals surface area contributed by atoms with E-state index in [4.69, 9.17) is 5.41 Å². The molecule has 110 valence electrons. The van der Waals surface area contributed by atoms with E-state index in [0.29, 0.717) is 11.6 Å². The first-order valence-corrected chi connectivity index (χ1v) is 7.68. The predicted molar refractivity (Wildman–Crippen MR) is 93.7 cm³/mol. The van der Waals surface area contributed by atoms with Gasteiger partial charge in [0.25, 0.3) is 0 Å². The summed E-state index contributed by atoms with van der Waals surface area (Å²) in [5.74, 6) is 0.306. The fourth-order valence-corrected chi connectivity index (χ4v) is 3.32. The van der Waals surface area contributed by atoms with E-state index in [1.807, 2.05) is 36.4 Å². The molecule has 3 rings (SSSR count). The van der Waals surface area contributed by atoms with Crippen molar-refractivity contribution in [3.8, 4) is 0 Å². The van der Waals surface area contributed by atoms with Crippen LogP contribution in [0.25, 0.3) is 0 Å². The molecule has 0 aliphatic heterocycles. The molecular formula is C21H21N. The molecule has 0 aromatic heterocycles. The van der Waals surface area contributed by atoms with Crippen molar-refractivity contribution < 1.29 is 0 Å². The monoisotopic (exact) mass is 287 g/mol. The number of hydrogen-bond acceptors (Lipinski definition) is 1. The molecule has 2 aromatic rings. The summed E-state index contributed by atoms with van der Waals surface area (Å²) >= 11 is 0. The molecule has 1 atom stereocenters. The molecule has 0 radical (unpaired) electrons. The molecule has 1 unspecified atom stereocenters. The van der Waals surface area contributed by atoms with Crippen LogP contribution in [0.4, 0.5) is 0 Å². The predicted octanol–water partition coefficient (Wildman–Crippen LogP) is 5.48. The Morgan fingerprint density at radius 2 is 1.50 bits per heavy atom. The molecule has 1 aliphatic carbocycles. The summed E-state index contributed by atoms with van der Waals surface area (Å²) < 4.78 is 0. The van der Waals surface area contributed by atoms with Crippen LogP contribution in [-0.4, -0.2) is 5.71 Å². The number of rotatable bonds is 3. The third-order valence-electron chi connectivity index (χ3n) is 4.56. The normalized spacial score (nSPS) is 17.6. The smallest absolute Gasteiger partial charge is 0.0687 e. The summed E-state index contributed by atoms with van der Waals surface area (Å²) in [4.78, 5) is 0. The van der Waals surface area contributed by atoms with Crippen LogP contribution in [0.5, 0.6) is 0 Å². The van der Waals surface area contributed by atoms with Crippen LogP contribution < -0.4 is 0 Å². The fourth-order valence-electron chi connectivity index (χ4n) is 3.32. The SMILES string of the molecule is CC1=CC(C)=C(C)C1c1ccccc1C(=N)c1ccccc1. The van der Waals surface area contributed by atoms with Crippen LogP contribution >= 0.6 is 0 Å². The Hall–Kier alpha value is -2.41. The van der Waals surface area contributed by atoms with E-state index >= 15 is 0 Å². The van der Waals surface area contributed by atoms with Crippen LogP contribution in [0.1, 0.15) is 43.4 Å². The van der Waals surface area contributed by atoms with E-state index < -0.39 is 0 Å². The number of benzene rings is 2. The maximum absolute atomic E-state index is 8.62. The molecule has 0 saturated heterocycles. The Kier molecular flexibility index (Phi) is 3.81. The van der Waals surface area contributed by atoms with Gasteiger partial charge < -0.3 is 0 Å². The topological polar surface area (TPSA) is 23.9 Å². The van der Waals surface area contributed by atoms with Crippen molar-refractivity contribution in [3.05, 3.63) is 94.1 Å². The van der Waals surface area contributed by atoms with Gasteiger partial charge in [0.05, 0.1) is 5.71 Å². The van der Waals surface area contributed by atoms with Gasteiger partial charge >= 0.3 is 0 Å². The van der Waals surface area contributed by atoms with Crippen molar-refractivity contribution in [2.45, 2.75) is 26.7 Å². The minimum absolute atomic E-state index is 0.306. The number of nitrogens with one attached hydrogen (secondary N) is 1. The zero-order chi connectivity index (χ0) is 15.7. The van der Waals surface area contributed by atoms with Gasteiger partial charge in [0.1, 0.15) is 0 Å². The molecule has 22 heavy (non-hydrogen) atoms. The summed E-state index contributed by atoms with van der Waals surface area (Å²) in [6, 6.07) is 18.3. The maximum atomic E-state index is 8.62. The largest absolute Gasteiger partial charge is 0.300 e. The van der Waals surface area contributed by atoms with Crippen molar-refractivity contribution in [3.63, 3.8) is 0 Å². The minimum atomic E-state index is 0.306. The fraction of sp³-hybridized carbons (Fsp3) is 0.190. The Morgan fingerprint density at radius 1 is 0.864 bits per heavy atom. The van der Waals surface area contributed by atoms with Crippen molar-refractivity contribution in [2.75, 3.05) is 0 Å². The van der Waals surface area contributed by atoms with Gasteiger partial charge in [-0.25, -0.2) is 0 Å². The minimum Gasteiger partial charge on any atom is -0.300 e. The molecule has 0 heterocycles. The lowest BCUT2D eigenvalue weighted by Gasteiger charge is -2.20. The Morgan fingerprint density at radius 3 is 2.14 bits per heavy atom. The van der Waals surface area contributed by atoms with Gasteiger partial charge in [-0.15, -0.1) is 0 Å². The van der Waals surface area contributed by atoms with Crippen LogP contribution in [0.2, 0.25) is 0 Å². The number of hydrogen-bond donors (Lipinski definition) is 1. The van der Waals surface area contributed by atoms with Crippen LogP contribution in [0, 0.1) is 5.41 Å². The lowest BCUT2D eigenvalue weighted by Crippen LogP contribution is -2.09. The van der Waals surface area contributed by atoms with Crippen molar-refractivity contribution in [1.29, 1.82) is 5.41 Å². The standard InChI is InChI=1S/C21H21N/c1-14-13-15(2)20(16(14)3)18-11-7-8-12-19(18)21(22)17-9-5-4-6-10-17/h4-13,20,22H,1-3H3. The van der Waals surface area contributed by atoms with Crippen LogP contribution in [0.15, 0.2) is 77.4 Å². The molecule has 0 spiro atoms. The molecule has 2 aromatic carbocycles. The van der Waals surface area contributed by atoms with E-state index in [9.17, 15) is 0 Å². The molecule has 0 bridgehead atoms. The number of allylic oxidation sites excluding steroid dienone is 4. The lowest BCUT2D eigenvalue weighted by atomic mass is 9.84. The van der Waals surface area contributed by atoms with Gasteiger partial charge in [0, 0.05) is 17.0 Å². The van der Waals surface area contributed by atoms with E-state index in [1.165, 1.54) is 22.3 Å². The van der Waals surface area contributed by atoms with Gasteiger partial charge in [0.15, 0.2) is 0 Å². The zero-order valence-electron chi connectivity index (χ0n) is 13.4. The average Bonchev–Trinajstić information content (AvgIpc) is 2.80. The van der Waals surface area contributed by atoms with E-state index in [-0.39, 0.29) is 0 Å². The zero-order valence-corrected chi connectivity index (χ0v) is 13.4. The second-order valence-electron chi connectivity index (χ2n) is 6.02. The molecule has 1 N–H and O–H groups in total. The highest BCUT2D eigenvalue weighted by Gasteiger charge is 2.25. The second kappa shape index (κ2) is 5.76. The molecule has 0 saturated carbocycles. The van der Waals surface area contributed by atoms with Crippen molar-refractivity contribution in [1.82, 2.24) is 0 Å². The third kappa shape index (κ3) is 2.43. The molecule has 0 fully saturated rings. The molecular weight excluding hydrogens is 266 g/mol. The van der Waals surface area contributed by atoms with Crippen molar-refractivity contribution in [2.24, 2.45) is 0 Å². The Labute approximate surface area is 132 Å². The summed E-state index contributed by atoms with van der Waals surface area (Å²) in [5.41, 5.74) is 7.94. The second-order valence-corrected chi connectivity index (χ2v) is 6.02. The van der Waals surface area contributed by atoms with Gasteiger partial charge in [0.2, 0.25) is 0 Å². The van der Waals surface area contributed by atoms with Gasteiger partial charge in [-0.3, -0.25) is 5.41 Å². The summed E-state index contributed by atoms with van der Waals surface area (Å²) in [6.07, 6.45) is 2.27. The third-order valence-corrected chi connectivity index (χ3v) is 4.56. The van der Waals surface area contributed by atoms with Gasteiger partial charge in [-0.05, 0) is 26.3 Å². The molecule has 1 aliphatic rings. The van der Waals surface area contributed by atoms with Crippen molar-refractivity contribution >= 4 is 5.71 Å². The Bertz CT molecular complexity index is 779. The highest BCUT2D eigenvalue weighted by atomic mass is 14.4. The van der Waals surface area contributed by atoms with E-state index in [2.05, 4.69) is 45.0 Å². The lowest BCUT2D eigenvalue weighted by molar-refractivity contribution is 0.935. The first-order chi connectivity index (χ1) is 10.6. The van der Waals surface area contributed by atoms with E-state index in [0.717, 1.165) is 11.1 Å².